The van der Waals surface area contributed by atoms with E-state index in [1.165, 1.54) is 6.07 Å². The third-order valence-electron chi connectivity index (χ3n) is 3.03. The fourth-order valence-corrected chi connectivity index (χ4v) is 1.98. The van der Waals surface area contributed by atoms with Crippen molar-refractivity contribution in [2.75, 3.05) is 6.54 Å². The molecule has 1 heterocycles. The van der Waals surface area contributed by atoms with Crippen LogP contribution in [0.25, 0.3) is 0 Å². The number of aromatic nitrogens is 2. The molecule has 6 nitrogen and oxygen atoms in total. The van der Waals surface area contributed by atoms with Crippen LogP contribution < -0.4 is 5.32 Å². The van der Waals surface area contributed by atoms with E-state index in [0.29, 0.717) is 6.54 Å². The molecule has 0 spiro atoms. The molecule has 0 unspecified atom stereocenters. The molecule has 1 aromatic heterocycles. The molecule has 0 amide bonds. The quantitative estimate of drug-likeness (QED) is 0.455. The summed E-state index contributed by atoms with van der Waals surface area (Å²) >= 11 is 0. The molecule has 1 aromatic carbocycles. The Balaban J connectivity index is 1.63. The van der Waals surface area contributed by atoms with E-state index >= 15 is 0 Å². The molecule has 0 aliphatic carbocycles. The van der Waals surface area contributed by atoms with Crippen molar-refractivity contribution in [3.05, 3.63) is 58.7 Å². The summed E-state index contributed by atoms with van der Waals surface area (Å²) in [6.07, 6.45) is 7.69. The minimum atomic E-state index is -0.366. The van der Waals surface area contributed by atoms with E-state index in [1.54, 1.807) is 18.3 Å². The van der Waals surface area contributed by atoms with Crippen molar-refractivity contribution in [3.63, 3.8) is 0 Å². The Morgan fingerprint density at radius 3 is 3.00 bits per heavy atom. The number of nitrogens with zero attached hydrogens (tertiary/aromatic N) is 3. The van der Waals surface area contributed by atoms with E-state index < -0.39 is 0 Å². The first kappa shape index (κ1) is 14.2. The fourth-order valence-electron chi connectivity index (χ4n) is 1.98. The van der Waals surface area contributed by atoms with Crippen LogP contribution >= 0.6 is 0 Å². The van der Waals surface area contributed by atoms with Crippen LogP contribution in [0.3, 0.4) is 0 Å². The molecular weight excluding hydrogens is 256 g/mol. The van der Waals surface area contributed by atoms with Crippen LogP contribution in [0.15, 0.2) is 43.0 Å². The topological polar surface area (TPSA) is 73.0 Å². The summed E-state index contributed by atoms with van der Waals surface area (Å²) < 4.78 is 2.06. The highest BCUT2D eigenvalue weighted by Gasteiger charge is 2.04. The second kappa shape index (κ2) is 7.40. The van der Waals surface area contributed by atoms with Gasteiger partial charge in [-0.15, -0.1) is 0 Å². The standard InChI is InChI=1S/C14H18N4O2/c19-18(20)14-5-3-4-13(10-14)11-15-6-1-2-8-17-9-7-16-12-17/h3-5,7,9-10,12,15H,1-2,6,8,11H2. The number of imidazole rings is 1. The molecule has 2 aromatic rings. The molecule has 0 radical (unpaired) electrons. The first-order valence-corrected chi connectivity index (χ1v) is 6.65. The van der Waals surface area contributed by atoms with Crippen LogP contribution in [0.1, 0.15) is 18.4 Å². The molecule has 0 saturated carbocycles. The van der Waals surface area contributed by atoms with Crippen molar-refractivity contribution in [2.45, 2.75) is 25.9 Å². The number of nitrogens with one attached hydrogen (secondary N) is 1. The average Bonchev–Trinajstić information content (AvgIpc) is 2.96. The summed E-state index contributed by atoms with van der Waals surface area (Å²) in [5, 5.41) is 14.0. The van der Waals surface area contributed by atoms with Gasteiger partial charge in [-0.3, -0.25) is 10.1 Å². The third-order valence-corrected chi connectivity index (χ3v) is 3.03. The van der Waals surface area contributed by atoms with Gasteiger partial charge in [0.25, 0.3) is 5.69 Å². The lowest BCUT2D eigenvalue weighted by Crippen LogP contribution is -2.15. The molecule has 6 heteroatoms. The van der Waals surface area contributed by atoms with Gasteiger partial charge < -0.3 is 9.88 Å². The Labute approximate surface area is 117 Å². The van der Waals surface area contributed by atoms with Crippen molar-refractivity contribution in [2.24, 2.45) is 0 Å². The highest BCUT2D eigenvalue weighted by atomic mass is 16.6. The van der Waals surface area contributed by atoms with E-state index in [9.17, 15) is 10.1 Å². The maximum absolute atomic E-state index is 10.7. The summed E-state index contributed by atoms with van der Waals surface area (Å²) in [6.45, 7) is 2.53. The maximum Gasteiger partial charge on any atom is 0.269 e. The molecule has 2 rings (SSSR count). The van der Waals surface area contributed by atoms with E-state index in [0.717, 1.165) is 31.5 Å². The molecule has 1 N–H and O–H groups in total. The number of non-ortho nitro benzene ring substituents is 1. The minimum absolute atomic E-state index is 0.143. The Kier molecular flexibility index (Phi) is 5.25. The van der Waals surface area contributed by atoms with Gasteiger partial charge in [0.05, 0.1) is 11.3 Å². The van der Waals surface area contributed by atoms with Gasteiger partial charge in [0, 0.05) is 37.6 Å². The molecule has 106 valence electrons. The summed E-state index contributed by atoms with van der Waals surface area (Å²) in [7, 11) is 0. The number of hydrogen-bond donors (Lipinski definition) is 1. The summed E-state index contributed by atoms with van der Waals surface area (Å²) in [6, 6.07) is 6.73. The van der Waals surface area contributed by atoms with Crippen LogP contribution in [-0.2, 0) is 13.1 Å². The second-order valence-corrected chi connectivity index (χ2v) is 4.61. The Morgan fingerprint density at radius 2 is 2.25 bits per heavy atom. The van der Waals surface area contributed by atoms with Gasteiger partial charge in [0.1, 0.15) is 0 Å². The van der Waals surface area contributed by atoms with Crippen LogP contribution in [0.4, 0.5) is 5.69 Å². The normalized spacial score (nSPS) is 10.6. The Bertz CT molecular complexity index is 540. The lowest BCUT2D eigenvalue weighted by molar-refractivity contribution is -0.384. The van der Waals surface area contributed by atoms with Gasteiger partial charge in [0.2, 0.25) is 0 Å². The fraction of sp³-hybridized carbons (Fsp3) is 0.357. The molecule has 0 bridgehead atoms. The van der Waals surface area contributed by atoms with Crippen LogP contribution in [0, 0.1) is 10.1 Å². The molecule has 20 heavy (non-hydrogen) atoms. The number of unbranched alkanes of at least 4 members (excludes halogenated alkanes) is 1. The zero-order valence-corrected chi connectivity index (χ0v) is 11.2. The Hall–Kier alpha value is -2.21. The maximum atomic E-state index is 10.7. The number of nitro benzene ring substituents is 1. The zero-order valence-electron chi connectivity index (χ0n) is 11.2. The van der Waals surface area contributed by atoms with Gasteiger partial charge in [-0.1, -0.05) is 12.1 Å². The smallest absolute Gasteiger partial charge is 0.269 e. The predicted octanol–water partition coefficient (Wildman–Crippen LogP) is 2.36. The average molecular weight is 274 g/mol. The van der Waals surface area contributed by atoms with Crippen LogP contribution in [0.5, 0.6) is 0 Å². The number of nitro groups is 1. The number of benzene rings is 1. The lowest BCUT2D eigenvalue weighted by atomic mass is 10.2. The zero-order chi connectivity index (χ0) is 14.2. The van der Waals surface area contributed by atoms with Crippen molar-refractivity contribution in [1.82, 2.24) is 14.9 Å². The number of hydrogen-bond acceptors (Lipinski definition) is 4. The highest BCUT2D eigenvalue weighted by molar-refractivity contribution is 5.34. The van der Waals surface area contributed by atoms with Crippen molar-refractivity contribution < 1.29 is 4.92 Å². The van der Waals surface area contributed by atoms with E-state index in [1.807, 2.05) is 18.6 Å². The molecular formula is C14H18N4O2. The van der Waals surface area contributed by atoms with Gasteiger partial charge in [-0.25, -0.2) is 4.98 Å². The third kappa shape index (κ3) is 4.47. The summed E-state index contributed by atoms with van der Waals surface area (Å²) in [5.41, 5.74) is 1.08. The molecule has 0 saturated heterocycles. The summed E-state index contributed by atoms with van der Waals surface area (Å²) in [4.78, 5) is 14.3. The first-order chi connectivity index (χ1) is 9.75. The Morgan fingerprint density at radius 1 is 1.35 bits per heavy atom. The first-order valence-electron chi connectivity index (χ1n) is 6.65. The molecule has 0 atom stereocenters. The largest absolute Gasteiger partial charge is 0.337 e. The molecule has 0 fully saturated rings. The minimum Gasteiger partial charge on any atom is -0.337 e. The highest BCUT2D eigenvalue weighted by Crippen LogP contribution is 2.12. The predicted molar refractivity (Wildman–Crippen MR) is 76.3 cm³/mol. The lowest BCUT2D eigenvalue weighted by Gasteiger charge is -2.05. The summed E-state index contributed by atoms with van der Waals surface area (Å²) in [5.74, 6) is 0. The van der Waals surface area contributed by atoms with Gasteiger partial charge in [0.15, 0.2) is 0 Å². The van der Waals surface area contributed by atoms with E-state index in [2.05, 4.69) is 14.9 Å². The monoisotopic (exact) mass is 274 g/mol. The van der Waals surface area contributed by atoms with E-state index in [4.69, 9.17) is 0 Å². The molecule has 0 aliphatic heterocycles. The number of rotatable bonds is 8. The van der Waals surface area contributed by atoms with Crippen LogP contribution in [0.2, 0.25) is 0 Å². The van der Waals surface area contributed by atoms with E-state index in [-0.39, 0.29) is 10.6 Å². The number of aryl methyl sites for hydroxylation is 1. The van der Waals surface area contributed by atoms with Gasteiger partial charge >= 0.3 is 0 Å². The van der Waals surface area contributed by atoms with Crippen molar-refractivity contribution >= 4 is 5.69 Å². The SMILES string of the molecule is O=[N+]([O-])c1cccc(CNCCCCn2ccnc2)c1. The van der Waals surface area contributed by atoms with Crippen LogP contribution in [-0.4, -0.2) is 21.0 Å². The van der Waals surface area contributed by atoms with Crippen molar-refractivity contribution in [3.8, 4) is 0 Å². The molecule has 0 aliphatic rings. The van der Waals surface area contributed by atoms with Gasteiger partial charge in [-0.2, -0.15) is 0 Å². The van der Waals surface area contributed by atoms with Crippen molar-refractivity contribution in [1.29, 1.82) is 0 Å². The van der Waals surface area contributed by atoms with Gasteiger partial charge in [-0.05, 0) is 24.9 Å². The second-order valence-electron chi connectivity index (χ2n) is 4.61.